The first-order valence-electron chi connectivity index (χ1n) is 8.91. The second-order valence-corrected chi connectivity index (χ2v) is 6.95. The lowest BCUT2D eigenvalue weighted by Gasteiger charge is -2.31. The monoisotopic (exact) mass is 340 g/mol. The molecular formula is C19H24N4O2. The summed E-state index contributed by atoms with van der Waals surface area (Å²) in [5.41, 5.74) is 4.60. The zero-order valence-corrected chi connectivity index (χ0v) is 14.9. The molecule has 1 saturated heterocycles. The Morgan fingerprint density at radius 1 is 1.12 bits per heavy atom. The molecule has 2 aromatic rings. The highest BCUT2D eigenvalue weighted by Crippen LogP contribution is 2.25. The molecule has 0 atom stereocenters. The number of rotatable bonds is 5. The Balaban J connectivity index is 1.60. The Bertz CT molecular complexity index is 759. The molecule has 3 heterocycles. The van der Waals surface area contributed by atoms with E-state index in [1.54, 1.807) is 6.20 Å². The number of hydrogen-bond donors (Lipinski definition) is 0. The van der Waals surface area contributed by atoms with Crippen LogP contribution in [0.15, 0.2) is 24.4 Å². The predicted molar refractivity (Wildman–Crippen MR) is 94.4 cm³/mol. The lowest BCUT2D eigenvalue weighted by atomic mass is 10.2. The summed E-state index contributed by atoms with van der Waals surface area (Å²) in [5.74, 6) is 0.0479. The Morgan fingerprint density at radius 2 is 1.96 bits per heavy atom. The molecule has 0 amide bonds. The molecule has 1 aliphatic carbocycles. The summed E-state index contributed by atoms with van der Waals surface area (Å²) in [4.78, 5) is 16.0. The van der Waals surface area contributed by atoms with Gasteiger partial charge in [-0.15, -0.1) is 0 Å². The summed E-state index contributed by atoms with van der Waals surface area (Å²) >= 11 is 0. The molecule has 132 valence electrons. The van der Waals surface area contributed by atoms with Crippen LogP contribution in [-0.4, -0.2) is 40.5 Å². The maximum Gasteiger partial charge on any atom is 0.226 e. The second kappa shape index (κ2) is 6.69. The highest BCUT2D eigenvalue weighted by atomic mass is 16.7. The van der Waals surface area contributed by atoms with Crippen LogP contribution in [0, 0.1) is 6.92 Å². The van der Waals surface area contributed by atoms with E-state index in [2.05, 4.69) is 27.0 Å². The number of aryl methyl sites for hydroxylation is 3. The molecule has 6 heteroatoms. The van der Waals surface area contributed by atoms with Gasteiger partial charge in [-0.1, -0.05) is 6.07 Å². The lowest BCUT2D eigenvalue weighted by molar-refractivity contribution is -0.134. The van der Waals surface area contributed by atoms with Gasteiger partial charge in [-0.2, -0.15) is 0 Å². The molecule has 0 bridgehead atoms. The van der Waals surface area contributed by atoms with Crippen LogP contribution >= 0.6 is 0 Å². The molecule has 2 aliphatic rings. The fourth-order valence-corrected chi connectivity index (χ4v) is 3.53. The molecule has 0 radical (unpaired) electrons. The normalized spacial score (nSPS) is 18.3. The van der Waals surface area contributed by atoms with Crippen molar-refractivity contribution < 1.29 is 9.47 Å². The van der Waals surface area contributed by atoms with Crippen molar-refractivity contribution in [3.05, 3.63) is 47.0 Å². The summed E-state index contributed by atoms with van der Waals surface area (Å²) in [7, 11) is 0. The number of nitrogens with zero attached hydrogens (tertiary/aromatic N) is 4. The molecule has 0 unspecified atom stereocenters. The zero-order chi connectivity index (χ0) is 17.3. The highest BCUT2D eigenvalue weighted by molar-refractivity contribution is 5.34. The SMILES string of the molecule is Cc1ccnc(N(Cc2ccc3c(n2)CCC3)CC2(C)OCCO2)n1. The van der Waals surface area contributed by atoms with Gasteiger partial charge in [-0.3, -0.25) is 4.98 Å². The van der Waals surface area contributed by atoms with E-state index in [1.165, 1.54) is 17.7 Å². The van der Waals surface area contributed by atoms with E-state index in [9.17, 15) is 0 Å². The summed E-state index contributed by atoms with van der Waals surface area (Å²) in [6, 6.07) is 6.23. The average molecular weight is 340 g/mol. The summed E-state index contributed by atoms with van der Waals surface area (Å²) in [6.45, 7) is 6.39. The Kier molecular flexibility index (Phi) is 4.39. The van der Waals surface area contributed by atoms with Crippen LogP contribution in [0.5, 0.6) is 0 Å². The van der Waals surface area contributed by atoms with Crippen LogP contribution in [0.25, 0.3) is 0 Å². The van der Waals surface area contributed by atoms with Crippen molar-refractivity contribution >= 4 is 5.95 Å². The van der Waals surface area contributed by atoms with Crippen LogP contribution in [0.2, 0.25) is 0 Å². The maximum atomic E-state index is 5.79. The molecule has 0 aromatic carbocycles. The molecule has 1 fully saturated rings. The van der Waals surface area contributed by atoms with Gasteiger partial charge in [0, 0.05) is 17.6 Å². The largest absolute Gasteiger partial charge is 0.346 e. The Hall–Kier alpha value is -2.05. The molecule has 0 spiro atoms. The number of ether oxygens (including phenoxy) is 2. The minimum Gasteiger partial charge on any atom is -0.346 e. The lowest BCUT2D eigenvalue weighted by Crippen LogP contribution is -2.42. The van der Waals surface area contributed by atoms with Crippen molar-refractivity contribution in [1.82, 2.24) is 15.0 Å². The van der Waals surface area contributed by atoms with Gasteiger partial charge in [-0.05, 0) is 50.8 Å². The molecule has 6 nitrogen and oxygen atoms in total. The first-order chi connectivity index (χ1) is 12.1. The molecule has 0 saturated carbocycles. The zero-order valence-electron chi connectivity index (χ0n) is 14.9. The molecule has 2 aromatic heterocycles. The van der Waals surface area contributed by atoms with Crippen molar-refractivity contribution in [1.29, 1.82) is 0 Å². The minimum atomic E-state index is -0.635. The van der Waals surface area contributed by atoms with Crippen LogP contribution in [-0.2, 0) is 28.9 Å². The number of pyridine rings is 1. The van der Waals surface area contributed by atoms with Gasteiger partial charge < -0.3 is 14.4 Å². The summed E-state index contributed by atoms with van der Waals surface area (Å²) in [5, 5.41) is 0. The van der Waals surface area contributed by atoms with Crippen LogP contribution < -0.4 is 4.90 Å². The predicted octanol–water partition coefficient (Wildman–Crippen LogP) is 2.44. The number of hydrogen-bond acceptors (Lipinski definition) is 6. The maximum absolute atomic E-state index is 5.79. The Labute approximate surface area is 148 Å². The second-order valence-electron chi connectivity index (χ2n) is 6.95. The van der Waals surface area contributed by atoms with Gasteiger partial charge in [0.15, 0.2) is 5.79 Å². The van der Waals surface area contributed by atoms with E-state index in [1.807, 2.05) is 19.9 Å². The van der Waals surface area contributed by atoms with Crippen molar-refractivity contribution in [2.75, 3.05) is 24.7 Å². The third-order valence-corrected chi connectivity index (χ3v) is 4.78. The van der Waals surface area contributed by atoms with Gasteiger partial charge in [0.25, 0.3) is 0 Å². The van der Waals surface area contributed by atoms with Crippen LogP contribution in [0.1, 0.15) is 36.0 Å². The van der Waals surface area contributed by atoms with Gasteiger partial charge in [0.2, 0.25) is 5.95 Å². The smallest absolute Gasteiger partial charge is 0.226 e. The summed E-state index contributed by atoms with van der Waals surface area (Å²) < 4.78 is 11.6. The molecular weight excluding hydrogens is 316 g/mol. The fraction of sp³-hybridized carbons (Fsp3) is 0.526. The third-order valence-electron chi connectivity index (χ3n) is 4.78. The number of fused-ring (bicyclic) bond motifs is 1. The average Bonchev–Trinajstić information content (AvgIpc) is 3.23. The van der Waals surface area contributed by atoms with E-state index in [-0.39, 0.29) is 0 Å². The van der Waals surface area contributed by atoms with E-state index in [0.29, 0.717) is 32.3 Å². The number of aromatic nitrogens is 3. The minimum absolute atomic E-state index is 0.565. The van der Waals surface area contributed by atoms with E-state index in [0.717, 1.165) is 24.2 Å². The van der Waals surface area contributed by atoms with Gasteiger partial charge in [0.1, 0.15) is 0 Å². The third kappa shape index (κ3) is 3.65. The standard InChI is InChI=1S/C19H24N4O2/c1-14-8-9-20-18(21-14)23(13-19(2)24-10-11-25-19)12-16-7-6-15-4-3-5-17(15)22-16/h6-9H,3-5,10-13H2,1-2H3. The van der Waals surface area contributed by atoms with E-state index < -0.39 is 5.79 Å². The fourth-order valence-electron chi connectivity index (χ4n) is 3.53. The first kappa shape index (κ1) is 16.4. The van der Waals surface area contributed by atoms with Crippen molar-refractivity contribution in [2.45, 2.75) is 45.4 Å². The van der Waals surface area contributed by atoms with Crippen molar-refractivity contribution in [3.63, 3.8) is 0 Å². The van der Waals surface area contributed by atoms with Crippen LogP contribution in [0.4, 0.5) is 5.95 Å². The van der Waals surface area contributed by atoms with Crippen molar-refractivity contribution in [3.8, 4) is 0 Å². The number of anilines is 1. The van der Waals surface area contributed by atoms with E-state index >= 15 is 0 Å². The molecule has 4 rings (SSSR count). The van der Waals surface area contributed by atoms with Crippen LogP contribution in [0.3, 0.4) is 0 Å². The van der Waals surface area contributed by atoms with Crippen molar-refractivity contribution in [2.24, 2.45) is 0 Å². The van der Waals surface area contributed by atoms with Gasteiger partial charge in [0.05, 0.1) is 32.0 Å². The molecule has 25 heavy (non-hydrogen) atoms. The molecule has 1 aliphatic heterocycles. The van der Waals surface area contributed by atoms with Gasteiger partial charge in [-0.25, -0.2) is 9.97 Å². The van der Waals surface area contributed by atoms with Gasteiger partial charge >= 0.3 is 0 Å². The quantitative estimate of drug-likeness (QED) is 0.833. The topological polar surface area (TPSA) is 60.4 Å². The van der Waals surface area contributed by atoms with E-state index in [4.69, 9.17) is 14.5 Å². The molecule has 0 N–H and O–H groups in total. The summed E-state index contributed by atoms with van der Waals surface area (Å²) in [6.07, 6.45) is 5.22. The first-order valence-corrected chi connectivity index (χ1v) is 8.91. The Morgan fingerprint density at radius 3 is 2.76 bits per heavy atom. The highest BCUT2D eigenvalue weighted by Gasteiger charge is 2.34.